The zero-order chi connectivity index (χ0) is 46.5. The van der Waals surface area contributed by atoms with Gasteiger partial charge in [-0.1, -0.05) is 128 Å². The van der Waals surface area contributed by atoms with Crippen molar-refractivity contribution < 1.29 is 47.8 Å². The minimum absolute atomic E-state index is 0.0150. The van der Waals surface area contributed by atoms with Gasteiger partial charge in [0, 0.05) is 12.0 Å². The molecule has 4 aromatic carbocycles. The molecular weight excluding hydrogens is 823 g/mol. The number of carbonyl (C=O) groups is 4. The highest BCUT2D eigenvalue weighted by atomic mass is 16.6. The summed E-state index contributed by atoms with van der Waals surface area (Å²) in [7, 11) is 0. The molecule has 2 aliphatic rings. The molecular formula is C53H57N3O9. The molecule has 338 valence electrons. The third-order valence-electron chi connectivity index (χ3n) is 11.3. The second-order valence-corrected chi connectivity index (χ2v) is 18.4. The molecule has 2 saturated heterocycles. The number of hydrogen-bond acceptors (Lipinski definition) is 9. The van der Waals surface area contributed by atoms with Crippen molar-refractivity contribution in [3.8, 4) is 5.75 Å². The molecule has 0 spiro atoms. The molecule has 0 bridgehead atoms. The van der Waals surface area contributed by atoms with Crippen molar-refractivity contribution in [2.75, 3.05) is 0 Å². The number of hydrogen-bond donors (Lipinski definition) is 0. The molecule has 0 saturated carbocycles. The van der Waals surface area contributed by atoms with Crippen LogP contribution in [0.5, 0.6) is 5.75 Å². The number of amides is 2. The number of rotatable bonds is 11. The van der Waals surface area contributed by atoms with Crippen LogP contribution < -0.4 is 9.67 Å². The molecule has 12 heteroatoms. The van der Waals surface area contributed by atoms with Crippen LogP contribution in [0.1, 0.15) is 106 Å². The van der Waals surface area contributed by atoms with Crippen molar-refractivity contribution >= 4 is 24.1 Å². The summed E-state index contributed by atoms with van der Waals surface area (Å²) in [6.07, 6.45) is 1.49. The van der Waals surface area contributed by atoms with Crippen molar-refractivity contribution in [3.05, 3.63) is 180 Å². The number of aryl methyl sites for hydroxylation is 1. The highest BCUT2D eigenvalue weighted by Gasteiger charge is 2.51. The van der Waals surface area contributed by atoms with Gasteiger partial charge in [0.2, 0.25) is 0 Å². The van der Waals surface area contributed by atoms with Gasteiger partial charge in [0.25, 0.3) is 0 Å². The average Bonchev–Trinajstić information content (AvgIpc) is 3.27. The molecule has 0 radical (unpaired) electrons. The fourth-order valence-corrected chi connectivity index (χ4v) is 8.64. The first kappa shape index (κ1) is 46.1. The van der Waals surface area contributed by atoms with E-state index in [1.54, 1.807) is 58.4 Å². The predicted octanol–water partition coefficient (Wildman–Crippen LogP) is 9.00. The van der Waals surface area contributed by atoms with Gasteiger partial charge in [-0.3, -0.25) is 9.80 Å². The predicted molar refractivity (Wildman–Crippen MR) is 241 cm³/mol. The number of aromatic nitrogens is 1. The molecule has 0 aliphatic carbocycles. The van der Waals surface area contributed by atoms with Crippen molar-refractivity contribution in [1.29, 1.82) is 0 Å². The summed E-state index contributed by atoms with van der Waals surface area (Å²) < 4.78 is 26.3. The van der Waals surface area contributed by atoms with Crippen LogP contribution in [0.15, 0.2) is 146 Å². The van der Waals surface area contributed by atoms with Gasteiger partial charge in [-0.2, -0.15) is 0 Å². The summed E-state index contributed by atoms with van der Waals surface area (Å²) in [5.74, 6) is -1.75. The van der Waals surface area contributed by atoms with Crippen molar-refractivity contribution in [2.45, 2.75) is 115 Å². The topological polar surface area (TPSA) is 139 Å². The number of pyridine rings is 1. The number of ether oxygens (including phenoxy) is 4. The highest BCUT2D eigenvalue weighted by molar-refractivity contribution is 5.85. The molecule has 1 aromatic heterocycles. The second kappa shape index (κ2) is 19.4. The largest absolute Gasteiger partial charge is 0.868 e. The first-order valence-electron chi connectivity index (χ1n) is 22.0. The summed E-state index contributed by atoms with van der Waals surface area (Å²) >= 11 is 0. The SMILES string of the molecule is C=CC[n+]1cc([O-])c(C[C@H]2C(=O)O[C@H](c3ccccc3)[C@H](c3ccccc3)N2C(=O)OC(C)(C)C)c(CC[C@H]2C(=O)O[C@H](c3ccccc3)[C@H](c3ccccc3)N2C(=O)OC(C)(C)C)c1. The lowest BCUT2D eigenvalue weighted by Crippen LogP contribution is -2.56. The van der Waals surface area contributed by atoms with Gasteiger partial charge >= 0.3 is 24.1 Å². The number of benzene rings is 4. The van der Waals surface area contributed by atoms with Crippen molar-refractivity contribution in [1.82, 2.24) is 9.80 Å². The van der Waals surface area contributed by atoms with E-state index in [1.807, 2.05) is 121 Å². The Morgan fingerprint density at radius 2 is 1.05 bits per heavy atom. The number of allylic oxidation sites excluding steroid dienone is 1. The maximum absolute atomic E-state index is 14.6. The number of morpholine rings is 2. The summed E-state index contributed by atoms with van der Waals surface area (Å²) in [6.45, 7) is 14.7. The summed E-state index contributed by atoms with van der Waals surface area (Å²) in [4.78, 5) is 60.9. The Kier molecular flexibility index (Phi) is 13.8. The van der Waals surface area contributed by atoms with Gasteiger partial charge in [0.05, 0.1) is 0 Å². The van der Waals surface area contributed by atoms with Crippen LogP contribution >= 0.6 is 0 Å². The van der Waals surface area contributed by atoms with Crippen LogP contribution in [0, 0.1) is 0 Å². The lowest BCUT2D eigenvalue weighted by molar-refractivity contribution is -0.689. The van der Waals surface area contributed by atoms with Crippen LogP contribution in [0.4, 0.5) is 9.59 Å². The van der Waals surface area contributed by atoms with Crippen LogP contribution in [-0.4, -0.2) is 57.2 Å². The van der Waals surface area contributed by atoms with Gasteiger partial charge < -0.3 is 24.1 Å². The van der Waals surface area contributed by atoms with E-state index in [0.717, 1.165) is 5.56 Å². The molecule has 6 atom stereocenters. The van der Waals surface area contributed by atoms with Crippen molar-refractivity contribution in [2.24, 2.45) is 0 Å². The van der Waals surface area contributed by atoms with Gasteiger partial charge in [-0.05, 0) is 94.0 Å². The molecule has 0 unspecified atom stereocenters. The lowest BCUT2D eigenvalue weighted by Gasteiger charge is -2.46. The van der Waals surface area contributed by atoms with Crippen LogP contribution in [-0.2, 0) is 47.9 Å². The minimum atomic E-state index is -1.30. The molecule has 7 rings (SSSR count). The smallest absolute Gasteiger partial charge is 0.411 e. The summed E-state index contributed by atoms with van der Waals surface area (Å²) in [5, 5.41) is 14.4. The maximum atomic E-state index is 14.6. The van der Waals surface area contributed by atoms with E-state index in [4.69, 9.17) is 18.9 Å². The summed E-state index contributed by atoms with van der Waals surface area (Å²) in [6, 6.07) is 33.1. The van der Waals surface area contributed by atoms with Crippen molar-refractivity contribution in [3.63, 3.8) is 0 Å². The Labute approximate surface area is 381 Å². The minimum Gasteiger partial charge on any atom is -0.868 e. The Balaban J connectivity index is 1.31. The highest BCUT2D eigenvalue weighted by Crippen LogP contribution is 2.46. The fraction of sp³-hybridized carbons (Fsp3) is 0.340. The molecule has 2 fully saturated rings. The molecule has 12 nitrogen and oxygen atoms in total. The Morgan fingerprint density at radius 3 is 1.46 bits per heavy atom. The molecule has 0 N–H and O–H groups in total. The normalized spacial score (nSPS) is 21.2. The average molecular weight is 880 g/mol. The zero-order valence-electron chi connectivity index (χ0n) is 37.8. The molecule has 3 heterocycles. The number of cyclic esters (lactones) is 2. The van der Waals surface area contributed by atoms with Gasteiger partial charge in [0.1, 0.15) is 35.4 Å². The third kappa shape index (κ3) is 10.7. The number of nitrogens with zero attached hydrogens (tertiary/aromatic N) is 3. The van der Waals surface area contributed by atoms with E-state index < -0.39 is 77.5 Å². The van der Waals surface area contributed by atoms with Crippen LogP contribution in [0.2, 0.25) is 0 Å². The monoisotopic (exact) mass is 879 g/mol. The van der Waals surface area contributed by atoms with E-state index in [0.29, 0.717) is 22.3 Å². The Morgan fingerprint density at radius 1 is 0.646 bits per heavy atom. The second-order valence-electron chi connectivity index (χ2n) is 18.4. The number of carbonyl (C=O) groups excluding carboxylic acids is 4. The van der Waals surface area contributed by atoms with Crippen LogP contribution in [0.3, 0.4) is 0 Å². The van der Waals surface area contributed by atoms with Gasteiger partial charge in [0.15, 0.2) is 31.1 Å². The molecule has 65 heavy (non-hydrogen) atoms. The van der Waals surface area contributed by atoms with E-state index >= 15 is 0 Å². The lowest BCUT2D eigenvalue weighted by atomic mass is 9.88. The van der Waals surface area contributed by atoms with E-state index in [2.05, 4.69) is 6.58 Å². The first-order chi connectivity index (χ1) is 31.0. The van der Waals surface area contributed by atoms with Crippen LogP contribution in [0.25, 0.3) is 0 Å². The standard InChI is InChI=1S/C53H57N3O9/c1-8-31-54-33-39(29-30-41-48(58)62-46(37-25-17-11-18-26-37)44(35-21-13-9-14-22-35)55(41)50(60)64-52(2,3)4)40(43(57)34-54)32-42-49(59)63-47(38-27-19-12-20-28-38)45(36-23-15-10-16-24-36)56(42)51(61)65-53(5,6)7/h8-28,33-34,41-42,44-47H,1,29-32H2,2-7H3/t41-,42-,44-,45-,46+,47+/m0/s1. The molecule has 2 aliphatic heterocycles. The quantitative estimate of drug-likeness (QED) is 0.0551. The van der Waals surface area contributed by atoms with E-state index in [-0.39, 0.29) is 31.4 Å². The van der Waals surface area contributed by atoms with Gasteiger partial charge in [-0.25, -0.2) is 23.7 Å². The van der Waals surface area contributed by atoms with E-state index in [1.165, 1.54) is 16.0 Å². The summed E-state index contributed by atoms with van der Waals surface area (Å²) in [5.41, 5.74) is 1.70. The maximum Gasteiger partial charge on any atom is 0.411 e. The Hall–Kier alpha value is -6.95. The Bertz CT molecular complexity index is 2470. The zero-order valence-corrected chi connectivity index (χ0v) is 37.8. The van der Waals surface area contributed by atoms with E-state index in [9.17, 15) is 24.3 Å². The fourth-order valence-electron chi connectivity index (χ4n) is 8.64. The molecule has 5 aromatic rings. The number of esters is 2. The van der Waals surface area contributed by atoms with Gasteiger partial charge in [-0.15, -0.1) is 0 Å². The molecule has 2 amide bonds. The third-order valence-corrected chi connectivity index (χ3v) is 11.3. The first-order valence-corrected chi connectivity index (χ1v) is 22.0.